The third kappa shape index (κ3) is 1.59. The minimum atomic E-state index is -0.451. The van der Waals surface area contributed by atoms with E-state index in [1.165, 1.54) is 12.1 Å². The second kappa shape index (κ2) is 3.50. The Bertz CT molecular complexity index is 371. The van der Waals surface area contributed by atoms with Crippen molar-refractivity contribution in [2.45, 2.75) is 6.42 Å². The Balaban J connectivity index is 3.15. The number of nitrogens with zero attached hydrogens (tertiary/aromatic N) is 2. The fourth-order valence-electron chi connectivity index (χ4n) is 0.892. The van der Waals surface area contributed by atoms with Gasteiger partial charge in [0.15, 0.2) is 0 Å². The maximum atomic E-state index is 12.5. The van der Waals surface area contributed by atoms with Crippen LogP contribution in [-0.4, -0.2) is 0 Å². The molecule has 0 radical (unpaired) electrons. The van der Waals surface area contributed by atoms with Gasteiger partial charge in [-0.3, -0.25) is 0 Å². The molecule has 0 fully saturated rings. The molecule has 0 atom stereocenters. The average molecular weight is 160 g/mol. The molecular weight excluding hydrogens is 155 g/mol. The van der Waals surface area contributed by atoms with Crippen molar-refractivity contribution in [1.29, 1.82) is 10.5 Å². The highest BCUT2D eigenvalue weighted by molar-refractivity contribution is 5.39. The Kier molecular flexibility index (Phi) is 2.40. The van der Waals surface area contributed by atoms with Gasteiger partial charge >= 0.3 is 0 Å². The smallest absolute Gasteiger partial charge is 0.124 e. The standard InChI is InChI=1S/C9H5FN2/c10-9-2-1-7(3-4-11)8(5-9)6-12/h1-2,5H,3H2. The molecule has 3 heteroatoms. The summed E-state index contributed by atoms with van der Waals surface area (Å²) < 4.78 is 12.5. The van der Waals surface area contributed by atoms with Crippen molar-refractivity contribution in [2.75, 3.05) is 0 Å². The molecule has 12 heavy (non-hydrogen) atoms. The fraction of sp³-hybridized carbons (Fsp3) is 0.111. The Morgan fingerprint density at radius 2 is 2.08 bits per heavy atom. The van der Waals surface area contributed by atoms with Gasteiger partial charge in [0.2, 0.25) is 0 Å². The van der Waals surface area contributed by atoms with Crippen molar-refractivity contribution in [3.8, 4) is 12.1 Å². The molecule has 2 nitrogen and oxygen atoms in total. The van der Waals surface area contributed by atoms with Gasteiger partial charge in [-0.1, -0.05) is 6.07 Å². The number of benzene rings is 1. The molecule has 0 aliphatic rings. The van der Waals surface area contributed by atoms with Gasteiger partial charge in [0.05, 0.1) is 24.1 Å². The van der Waals surface area contributed by atoms with E-state index in [9.17, 15) is 4.39 Å². The number of rotatable bonds is 1. The van der Waals surface area contributed by atoms with E-state index in [4.69, 9.17) is 10.5 Å². The quantitative estimate of drug-likeness (QED) is 0.628. The SMILES string of the molecule is N#CCc1ccc(F)cc1C#N. The van der Waals surface area contributed by atoms with Crippen LogP contribution in [0.3, 0.4) is 0 Å². The highest BCUT2D eigenvalue weighted by Crippen LogP contribution is 2.10. The summed E-state index contributed by atoms with van der Waals surface area (Å²) in [6, 6.07) is 7.57. The highest BCUT2D eigenvalue weighted by Gasteiger charge is 2.01. The van der Waals surface area contributed by atoms with Crippen molar-refractivity contribution in [2.24, 2.45) is 0 Å². The van der Waals surface area contributed by atoms with Gasteiger partial charge in [-0.2, -0.15) is 10.5 Å². The molecule has 0 bridgehead atoms. The van der Waals surface area contributed by atoms with Gasteiger partial charge in [-0.15, -0.1) is 0 Å². The first-order valence-electron chi connectivity index (χ1n) is 3.33. The van der Waals surface area contributed by atoms with Crippen molar-refractivity contribution in [1.82, 2.24) is 0 Å². The van der Waals surface area contributed by atoms with Gasteiger partial charge in [-0.25, -0.2) is 4.39 Å². The zero-order valence-corrected chi connectivity index (χ0v) is 6.21. The topological polar surface area (TPSA) is 47.6 Å². The zero-order chi connectivity index (χ0) is 8.97. The van der Waals surface area contributed by atoms with Crippen LogP contribution in [0.4, 0.5) is 4.39 Å². The Morgan fingerprint density at radius 1 is 1.33 bits per heavy atom. The van der Waals surface area contributed by atoms with Crippen molar-refractivity contribution < 1.29 is 4.39 Å². The molecule has 0 saturated heterocycles. The summed E-state index contributed by atoms with van der Waals surface area (Å²) in [4.78, 5) is 0. The highest BCUT2D eigenvalue weighted by atomic mass is 19.1. The summed E-state index contributed by atoms with van der Waals surface area (Å²) in [5, 5.41) is 16.9. The molecule has 0 aliphatic heterocycles. The van der Waals surface area contributed by atoms with Gasteiger partial charge in [0.25, 0.3) is 0 Å². The predicted octanol–water partition coefficient (Wildman–Crippen LogP) is 1.76. The lowest BCUT2D eigenvalue weighted by molar-refractivity contribution is 0.626. The molecule has 0 aliphatic carbocycles. The lowest BCUT2D eigenvalue weighted by atomic mass is 10.1. The maximum Gasteiger partial charge on any atom is 0.124 e. The van der Waals surface area contributed by atoms with Gasteiger partial charge < -0.3 is 0 Å². The lowest BCUT2D eigenvalue weighted by Gasteiger charge is -1.96. The summed E-state index contributed by atoms with van der Waals surface area (Å²) in [7, 11) is 0. The minimum Gasteiger partial charge on any atom is -0.207 e. The molecule has 0 saturated carbocycles. The van der Waals surface area contributed by atoms with E-state index in [0.717, 1.165) is 6.07 Å². The van der Waals surface area contributed by atoms with Crippen LogP contribution in [0.2, 0.25) is 0 Å². The minimum absolute atomic E-state index is 0.142. The average Bonchev–Trinajstić information content (AvgIpc) is 2.08. The van der Waals surface area contributed by atoms with E-state index in [0.29, 0.717) is 5.56 Å². The molecule has 0 heterocycles. The molecule has 1 aromatic rings. The number of nitriles is 2. The predicted molar refractivity (Wildman–Crippen MR) is 40.4 cm³/mol. The molecular formula is C9H5FN2. The maximum absolute atomic E-state index is 12.5. The van der Waals surface area contributed by atoms with Crippen LogP contribution in [0.1, 0.15) is 11.1 Å². The molecule has 0 aromatic heterocycles. The summed E-state index contributed by atoms with van der Waals surface area (Å²) in [5.74, 6) is -0.451. The van der Waals surface area contributed by atoms with E-state index >= 15 is 0 Å². The van der Waals surface area contributed by atoms with Crippen LogP contribution in [-0.2, 0) is 6.42 Å². The third-order valence-electron chi connectivity index (χ3n) is 1.46. The first-order valence-corrected chi connectivity index (χ1v) is 3.33. The second-order valence-electron chi connectivity index (χ2n) is 2.25. The van der Waals surface area contributed by atoms with E-state index < -0.39 is 5.82 Å². The Morgan fingerprint density at radius 3 is 2.67 bits per heavy atom. The summed E-state index contributed by atoms with van der Waals surface area (Å²) in [6.07, 6.45) is 0.142. The first kappa shape index (κ1) is 8.23. The van der Waals surface area contributed by atoms with Crippen molar-refractivity contribution in [3.63, 3.8) is 0 Å². The molecule has 0 spiro atoms. The van der Waals surface area contributed by atoms with Crippen LogP contribution in [0.25, 0.3) is 0 Å². The first-order chi connectivity index (χ1) is 5.77. The number of halogens is 1. The third-order valence-corrected chi connectivity index (χ3v) is 1.46. The van der Waals surface area contributed by atoms with E-state index in [1.807, 2.05) is 12.1 Å². The molecule has 0 N–H and O–H groups in total. The van der Waals surface area contributed by atoms with Gasteiger partial charge in [0, 0.05) is 0 Å². The summed E-state index contributed by atoms with van der Waals surface area (Å²) in [5.41, 5.74) is 0.804. The molecule has 1 aromatic carbocycles. The molecule has 0 unspecified atom stereocenters. The lowest BCUT2D eigenvalue weighted by Crippen LogP contribution is -1.89. The number of hydrogen-bond acceptors (Lipinski definition) is 2. The van der Waals surface area contributed by atoms with E-state index in [1.54, 1.807) is 0 Å². The monoisotopic (exact) mass is 160 g/mol. The Labute approximate surface area is 69.5 Å². The van der Waals surface area contributed by atoms with Gasteiger partial charge in [0.1, 0.15) is 5.82 Å². The van der Waals surface area contributed by atoms with Crippen LogP contribution in [0.5, 0.6) is 0 Å². The van der Waals surface area contributed by atoms with Crippen LogP contribution < -0.4 is 0 Å². The van der Waals surface area contributed by atoms with Crippen LogP contribution in [0, 0.1) is 28.5 Å². The number of hydrogen-bond donors (Lipinski definition) is 0. The Hall–Kier alpha value is -1.87. The normalized spacial score (nSPS) is 8.58. The second-order valence-corrected chi connectivity index (χ2v) is 2.25. The summed E-state index contributed by atoms with van der Waals surface area (Å²) in [6.45, 7) is 0. The van der Waals surface area contributed by atoms with Crippen LogP contribution in [0.15, 0.2) is 18.2 Å². The largest absolute Gasteiger partial charge is 0.207 e. The molecule has 0 amide bonds. The summed E-state index contributed by atoms with van der Waals surface area (Å²) >= 11 is 0. The van der Waals surface area contributed by atoms with Crippen molar-refractivity contribution >= 4 is 0 Å². The fourth-order valence-corrected chi connectivity index (χ4v) is 0.892. The van der Waals surface area contributed by atoms with E-state index in [2.05, 4.69) is 0 Å². The van der Waals surface area contributed by atoms with E-state index in [-0.39, 0.29) is 12.0 Å². The molecule has 1 rings (SSSR count). The van der Waals surface area contributed by atoms with Crippen molar-refractivity contribution in [3.05, 3.63) is 35.1 Å². The molecule has 58 valence electrons. The zero-order valence-electron chi connectivity index (χ0n) is 6.21. The van der Waals surface area contributed by atoms with Crippen LogP contribution >= 0.6 is 0 Å². The van der Waals surface area contributed by atoms with Gasteiger partial charge in [-0.05, 0) is 17.7 Å².